The van der Waals surface area contributed by atoms with Crippen LogP contribution in [0.15, 0.2) is 83.4 Å². The Labute approximate surface area is 212 Å². The van der Waals surface area contributed by atoms with Crippen LogP contribution < -0.4 is 5.32 Å². The second-order valence-electron chi connectivity index (χ2n) is 8.66. The molecule has 186 valence electrons. The number of hydrogen-bond acceptors (Lipinski definition) is 6. The van der Waals surface area contributed by atoms with Crippen LogP contribution in [-0.2, 0) is 11.3 Å². The van der Waals surface area contributed by atoms with E-state index >= 15 is 0 Å². The maximum atomic E-state index is 12.5. The number of nitrogens with one attached hydrogen (secondary N) is 1. The van der Waals surface area contributed by atoms with E-state index in [9.17, 15) is 19.8 Å². The number of aromatic nitrogens is 3. The number of benzene rings is 3. The summed E-state index contributed by atoms with van der Waals surface area (Å²) in [5, 5.41) is 31.6. The van der Waals surface area contributed by atoms with Crippen molar-refractivity contribution in [2.45, 2.75) is 25.9 Å². The average molecular weight is 497 g/mol. The number of amides is 1. The van der Waals surface area contributed by atoms with Crippen molar-refractivity contribution in [3.8, 4) is 28.3 Å². The Hall–Kier alpha value is -4.92. The fraction of sp³-hybridized carbons (Fsp3) is 0.143. The molecular weight excluding hydrogens is 472 g/mol. The first-order valence-corrected chi connectivity index (χ1v) is 11.7. The number of carboxylic acid groups (broad SMARTS) is 1. The van der Waals surface area contributed by atoms with E-state index in [4.69, 9.17) is 4.42 Å². The number of fused-ring (bicyclic) bond motifs is 1. The largest absolute Gasteiger partial charge is 0.507 e. The number of aromatic hydroxyl groups is 1. The molecule has 1 unspecified atom stereocenters. The van der Waals surface area contributed by atoms with Crippen molar-refractivity contribution in [3.63, 3.8) is 0 Å². The number of aryl methyl sites for hydroxylation is 1. The third-order valence-corrected chi connectivity index (χ3v) is 6.11. The second-order valence-corrected chi connectivity index (χ2v) is 8.66. The molecule has 0 bridgehead atoms. The van der Waals surface area contributed by atoms with Crippen LogP contribution in [-0.4, -0.2) is 37.1 Å². The first-order valence-electron chi connectivity index (χ1n) is 11.7. The van der Waals surface area contributed by atoms with Crippen LogP contribution in [0.1, 0.15) is 35.3 Å². The molecule has 3 aromatic carbocycles. The van der Waals surface area contributed by atoms with Crippen molar-refractivity contribution >= 4 is 22.8 Å². The summed E-state index contributed by atoms with van der Waals surface area (Å²) in [6.07, 6.45) is 1.90. The highest BCUT2D eigenvalue weighted by Gasteiger charge is 2.23. The lowest BCUT2D eigenvalue weighted by Crippen LogP contribution is -2.27. The van der Waals surface area contributed by atoms with E-state index in [1.165, 1.54) is 12.1 Å². The molecule has 0 spiro atoms. The van der Waals surface area contributed by atoms with Gasteiger partial charge in [0.2, 0.25) is 5.91 Å². The van der Waals surface area contributed by atoms with Gasteiger partial charge in [0.05, 0.1) is 24.3 Å². The number of nitrogens with zero attached hydrogens (tertiary/aromatic N) is 3. The molecule has 0 fully saturated rings. The maximum Gasteiger partial charge on any atom is 0.339 e. The van der Waals surface area contributed by atoms with E-state index in [0.717, 1.165) is 11.1 Å². The Bertz CT molecular complexity index is 1570. The van der Waals surface area contributed by atoms with Crippen LogP contribution >= 0.6 is 0 Å². The lowest BCUT2D eigenvalue weighted by molar-refractivity contribution is -0.122. The number of phenols is 1. The molecule has 1 atom stereocenters. The first-order chi connectivity index (χ1) is 17.9. The predicted molar refractivity (Wildman–Crippen MR) is 137 cm³/mol. The Balaban J connectivity index is 1.43. The van der Waals surface area contributed by atoms with Crippen LogP contribution in [0.25, 0.3) is 33.6 Å². The zero-order valence-corrected chi connectivity index (χ0v) is 20.0. The van der Waals surface area contributed by atoms with E-state index in [-0.39, 0.29) is 29.7 Å². The third kappa shape index (κ3) is 4.92. The van der Waals surface area contributed by atoms with Crippen LogP contribution in [0.4, 0.5) is 0 Å². The Morgan fingerprint density at radius 3 is 2.46 bits per heavy atom. The van der Waals surface area contributed by atoms with Crippen LogP contribution in [0.5, 0.6) is 5.75 Å². The molecule has 9 heteroatoms. The standard InChI is InChI=1S/C28H24N4O5/c1-17(18-8-4-2-5-9-18)29-25(34)12-13-32-16-22(30-31-32)26-21-14-20(28(35)36)23(33)15-24(21)37-27(26)19-10-6-3-7-11-19/h2-11,14-17,33H,12-13H2,1H3,(H,29,34)(H,35,36). The first kappa shape index (κ1) is 23.8. The van der Waals surface area contributed by atoms with Crippen molar-refractivity contribution < 1.29 is 24.2 Å². The summed E-state index contributed by atoms with van der Waals surface area (Å²) < 4.78 is 7.62. The smallest absolute Gasteiger partial charge is 0.339 e. The van der Waals surface area contributed by atoms with Gasteiger partial charge >= 0.3 is 5.97 Å². The molecule has 0 aliphatic heterocycles. The Morgan fingerprint density at radius 2 is 1.76 bits per heavy atom. The molecule has 0 aliphatic carbocycles. The zero-order chi connectivity index (χ0) is 25.9. The molecule has 2 heterocycles. The van der Waals surface area contributed by atoms with Gasteiger partial charge in [-0.2, -0.15) is 0 Å². The number of aromatic carboxylic acids is 1. The highest BCUT2D eigenvalue weighted by atomic mass is 16.4. The molecule has 0 saturated carbocycles. The molecule has 3 N–H and O–H groups in total. The number of carboxylic acids is 1. The van der Waals surface area contributed by atoms with Gasteiger partial charge in [0, 0.05) is 23.4 Å². The zero-order valence-electron chi connectivity index (χ0n) is 20.0. The summed E-state index contributed by atoms with van der Waals surface area (Å²) >= 11 is 0. The van der Waals surface area contributed by atoms with Gasteiger partial charge in [-0.1, -0.05) is 65.9 Å². The molecule has 1 amide bonds. The SMILES string of the molecule is CC(NC(=O)CCn1cc(-c2c(-c3ccccc3)oc3cc(O)c(C(=O)O)cc23)nn1)c1ccccc1. The van der Waals surface area contributed by atoms with Crippen LogP contribution in [0.2, 0.25) is 0 Å². The van der Waals surface area contributed by atoms with Gasteiger partial charge in [0.25, 0.3) is 0 Å². The van der Waals surface area contributed by atoms with Crippen molar-refractivity contribution in [2.75, 3.05) is 0 Å². The number of carbonyl (C=O) groups excluding carboxylic acids is 1. The van der Waals surface area contributed by atoms with Crippen LogP contribution in [0, 0.1) is 0 Å². The molecule has 5 rings (SSSR count). The number of rotatable bonds is 8. The fourth-order valence-electron chi connectivity index (χ4n) is 4.23. The van der Waals surface area contributed by atoms with E-state index in [0.29, 0.717) is 34.5 Å². The van der Waals surface area contributed by atoms with Gasteiger partial charge < -0.3 is 19.9 Å². The maximum absolute atomic E-state index is 12.5. The van der Waals surface area contributed by atoms with Crippen molar-refractivity contribution in [1.29, 1.82) is 0 Å². The van der Waals surface area contributed by atoms with Gasteiger partial charge in [-0.25, -0.2) is 4.79 Å². The van der Waals surface area contributed by atoms with Crippen molar-refractivity contribution in [3.05, 3.63) is 90.1 Å². The third-order valence-electron chi connectivity index (χ3n) is 6.11. The van der Waals surface area contributed by atoms with Gasteiger partial charge in [0.15, 0.2) is 0 Å². The second kappa shape index (κ2) is 9.98. The number of hydrogen-bond donors (Lipinski definition) is 3. The Kier molecular flexibility index (Phi) is 6.42. The highest BCUT2D eigenvalue weighted by Crippen LogP contribution is 2.42. The van der Waals surface area contributed by atoms with Crippen molar-refractivity contribution in [1.82, 2.24) is 20.3 Å². The molecule has 0 saturated heterocycles. The summed E-state index contributed by atoms with van der Waals surface area (Å²) in [5.74, 6) is -1.29. The summed E-state index contributed by atoms with van der Waals surface area (Å²) in [6.45, 7) is 2.23. The Morgan fingerprint density at radius 1 is 1.05 bits per heavy atom. The molecule has 0 radical (unpaired) electrons. The summed E-state index contributed by atoms with van der Waals surface area (Å²) in [6, 6.07) is 21.6. The fourth-order valence-corrected chi connectivity index (χ4v) is 4.23. The minimum absolute atomic E-state index is 0.117. The summed E-state index contributed by atoms with van der Waals surface area (Å²) in [4.78, 5) is 24.2. The van der Waals surface area contributed by atoms with E-state index in [1.54, 1.807) is 10.9 Å². The van der Waals surface area contributed by atoms with E-state index in [2.05, 4.69) is 15.6 Å². The van der Waals surface area contributed by atoms with Gasteiger partial charge in [-0.15, -0.1) is 5.10 Å². The molecule has 0 aliphatic rings. The lowest BCUT2D eigenvalue weighted by Gasteiger charge is -2.14. The van der Waals surface area contributed by atoms with E-state index in [1.807, 2.05) is 67.6 Å². The monoisotopic (exact) mass is 496 g/mol. The number of carbonyl (C=O) groups is 2. The molecule has 2 aromatic heterocycles. The predicted octanol–water partition coefficient (Wildman–Crippen LogP) is 5.03. The molecule has 37 heavy (non-hydrogen) atoms. The quantitative estimate of drug-likeness (QED) is 0.275. The summed E-state index contributed by atoms with van der Waals surface area (Å²) in [5.41, 5.74) is 2.86. The van der Waals surface area contributed by atoms with Gasteiger partial charge in [-0.3, -0.25) is 9.48 Å². The minimum atomic E-state index is -1.26. The number of furan rings is 1. The molecular formula is C28H24N4O5. The highest BCUT2D eigenvalue weighted by molar-refractivity contribution is 6.05. The van der Waals surface area contributed by atoms with Crippen molar-refractivity contribution in [2.24, 2.45) is 0 Å². The summed E-state index contributed by atoms with van der Waals surface area (Å²) in [7, 11) is 0. The normalized spacial score (nSPS) is 11.9. The average Bonchev–Trinajstić information content (AvgIpc) is 3.52. The van der Waals surface area contributed by atoms with Gasteiger partial charge in [0.1, 0.15) is 28.4 Å². The van der Waals surface area contributed by atoms with Crippen LogP contribution in [0.3, 0.4) is 0 Å². The van der Waals surface area contributed by atoms with Gasteiger partial charge in [-0.05, 0) is 18.6 Å². The molecule has 5 aromatic rings. The van der Waals surface area contributed by atoms with E-state index < -0.39 is 5.97 Å². The topological polar surface area (TPSA) is 130 Å². The molecule has 9 nitrogen and oxygen atoms in total. The minimum Gasteiger partial charge on any atom is -0.507 e. The lowest BCUT2D eigenvalue weighted by atomic mass is 10.0.